The van der Waals surface area contributed by atoms with Crippen molar-refractivity contribution in [3.05, 3.63) is 53.9 Å². The van der Waals surface area contributed by atoms with Crippen molar-refractivity contribution in [3.63, 3.8) is 0 Å². The van der Waals surface area contributed by atoms with Gasteiger partial charge in [0.15, 0.2) is 11.6 Å². The summed E-state index contributed by atoms with van der Waals surface area (Å²) in [6.07, 6.45) is 6.00. The molecule has 0 radical (unpaired) electrons. The van der Waals surface area contributed by atoms with E-state index in [4.69, 9.17) is 10.5 Å². The number of benzene rings is 1. The predicted octanol–water partition coefficient (Wildman–Crippen LogP) is 3.74. The number of ether oxygens (including phenoxy) is 1. The Hall–Kier alpha value is -2.80. The molecule has 2 N–H and O–H groups in total. The lowest BCUT2D eigenvalue weighted by Crippen LogP contribution is -2.04. The zero-order chi connectivity index (χ0) is 19.4. The van der Waals surface area contributed by atoms with Crippen LogP contribution in [0.4, 0.5) is 4.39 Å². The summed E-state index contributed by atoms with van der Waals surface area (Å²) >= 11 is 0. The Morgan fingerprint density at radius 3 is 2.59 bits per heavy atom. The number of aromatic nitrogens is 4. The molecule has 0 atom stereocenters. The third kappa shape index (κ3) is 4.68. The number of nitrogens with two attached hydrogens (primary N) is 1. The molecular weight excluding hydrogens is 345 g/mol. The molecule has 0 aliphatic heterocycles. The summed E-state index contributed by atoms with van der Waals surface area (Å²) in [5, 5.41) is 4.46. The van der Waals surface area contributed by atoms with Crippen molar-refractivity contribution in [2.24, 2.45) is 11.7 Å². The number of rotatable bonds is 7. The first-order valence-electron chi connectivity index (χ1n) is 8.99. The summed E-state index contributed by atoms with van der Waals surface area (Å²) in [4.78, 5) is 8.75. The fraction of sp³-hybridized carbons (Fsp3) is 0.350. The fourth-order valence-corrected chi connectivity index (χ4v) is 2.74. The van der Waals surface area contributed by atoms with E-state index >= 15 is 0 Å². The van der Waals surface area contributed by atoms with Gasteiger partial charge in [-0.2, -0.15) is 5.10 Å². The first-order valence-corrected chi connectivity index (χ1v) is 8.99. The Balaban J connectivity index is 1.92. The summed E-state index contributed by atoms with van der Waals surface area (Å²) in [6, 6.07) is 4.33. The van der Waals surface area contributed by atoms with Crippen LogP contribution in [0.3, 0.4) is 0 Å². The molecule has 0 saturated heterocycles. The van der Waals surface area contributed by atoms with Crippen LogP contribution in [0, 0.1) is 18.7 Å². The van der Waals surface area contributed by atoms with Crippen LogP contribution in [0.1, 0.15) is 25.1 Å². The van der Waals surface area contributed by atoms with E-state index in [9.17, 15) is 4.39 Å². The average molecular weight is 369 g/mol. The van der Waals surface area contributed by atoms with Gasteiger partial charge in [-0.25, -0.2) is 14.4 Å². The number of nitrogens with zero attached hydrogens (tertiary/aromatic N) is 4. The van der Waals surface area contributed by atoms with Crippen molar-refractivity contribution in [3.8, 4) is 22.9 Å². The average Bonchev–Trinajstić information content (AvgIpc) is 2.94. The summed E-state index contributed by atoms with van der Waals surface area (Å²) in [5.74, 6) is 1.48. The molecule has 0 unspecified atom stereocenters. The third-order valence-electron chi connectivity index (χ3n) is 4.00. The van der Waals surface area contributed by atoms with E-state index in [1.54, 1.807) is 18.5 Å². The Morgan fingerprint density at radius 1 is 1.19 bits per heavy atom. The zero-order valence-electron chi connectivity index (χ0n) is 15.8. The molecule has 0 fully saturated rings. The molecule has 3 aromatic rings. The molecule has 0 aliphatic rings. The number of aryl methyl sites for hydroxylation is 1. The zero-order valence-corrected chi connectivity index (χ0v) is 15.8. The van der Waals surface area contributed by atoms with Crippen LogP contribution in [0.15, 0.2) is 36.8 Å². The smallest absolute Gasteiger partial charge is 0.168 e. The van der Waals surface area contributed by atoms with Crippen LogP contribution in [0.25, 0.3) is 11.4 Å². The van der Waals surface area contributed by atoms with Crippen LogP contribution in [-0.2, 0) is 13.0 Å². The number of hydrogen-bond donors (Lipinski definition) is 1. The van der Waals surface area contributed by atoms with Crippen molar-refractivity contribution in [2.75, 3.05) is 6.54 Å². The Labute approximate surface area is 158 Å². The molecule has 7 heteroatoms. The van der Waals surface area contributed by atoms with Gasteiger partial charge in [0.2, 0.25) is 0 Å². The maximum absolute atomic E-state index is 13.9. The van der Waals surface area contributed by atoms with E-state index in [2.05, 4.69) is 28.9 Å². The molecule has 142 valence electrons. The van der Waals surface area contributed by atoms with Gasteiger partial charge in [-0.15, -0.1) is 0 Å². The second-order valence-electron chi connectivity index (χ2n) is 6.89. The van der Waals surface area contributed by atoms with E-state index in [0.29, 0.717) is 41.8 Å². The molecule has 3 rings (SSSR count). The molecule has 0 bridgehead atoms. The number of hydrogen-bond acceptors (Lipinski definition) is 5. The maximum atomic E-state index is 13.9. The molecule has 27 heavy (non-hydrogen) atoms. The van der Waals surface area contributed by atoms with Crippen molar-refractivity contribution in [2.45, 2.75) is 33.7 Å². The molecule has 0 spiro atoms. The van der Waals surface area contributed by atoms with E-state index in [0.717, 1.165) is 17.8 Å². The SMILES string of the molecule is Cc1nn(CC(C)C)cc1Oc1cc(F)ccc1-c1ncc(CCN)cn1. The molecule has 1 aromatic carbocycles. The molecule has 2 heterocycles. The van der Waals surface area contributed by atoms with Crippen molar-refractivity contribution < 1.29 is 9.13 Å². The lowest BCUT2D eigenvalue weighted by molar-refractivity contribution is 0.465. The number of halogens is 1. The van der Waals surface area contributed by atoms with Crippen LogP contribution >= 0.6 is 0 Å². The van der Waals surface area contributed by atoms with Crippen molar-refractivity contribution in [1.29, 1.82) is 0 Å². The minimum Gasteiger partial charge on any atom is -0.453 e. The molecule has 6 nitrogen and oxygen atoms in total. The van der Waals surface area contributed by atoms with Gasteiger partial charge in [0, 0.05) is 25.0 Å². The maximum Gasteiger partial charge on any atom is 0.168 e. The van der Waals surface area contributed by atoms with Gasteiger partial charge in [-0.1, -0.05) is 13.8 Å². The molecular formula is C20H24FN5O. The molecule has 0 saturated carbocycles. The minimum absolute atomic E-state index is 0.355. The van der Waals surface area contributed by atoms with Gasteiger partial charge >= 0.3 is 0 Å². The highest BCUT2D eigenvalue weighted by Crippen LogP contribution is 2.33. The fourth-order valence-electron chi connectivity index (χ4n) is 2.74. The largest absolute Gasteiger partial charge is 0.453 e. The third-order valence-corrected chi connectivity index (χ3v) is 4.00. The summed E-state index contributed by atoms with van der Waals surface area (Å²) in [7, 11) is 0. The second kappa shape index (κ2) is 8.26. The van der Waals surface area contributed by atoms with E-state index in [-0.39, 0.29) is 5.82 Å². The van der Waals surface area contributed by atoms with Crippen LogP contribution < -0.4 is 10.5 Å². The highest BCUT2D eigenvalue weighted by molar-refractivity contribution is 5.64. The Bertz CT molecular complexity index is 905. The van der Waals surface area contributed by atoms with Crippen molar-refractivity contribution in [1.82, 2.24) is 19.7 Å². The molecule has 0 amide bonds. The van der Waals surface area contributed by atoms with E-state index in [1.165, 1.54) is 12.1 Å². The van der Waals surface area contributed by atoms with Crippen LogP contribution in [-0.4, -0.2) is 26.3 Å². The summed E-state index contributed by atoms with van der Waals surface area (Å²) in [5.41, 5.74) is 7.87. The second-order valence-corrected chi connectivity index (χ2v) is 6.89. The van der Waals surface area contributed by atoms with E-state index in [1.807, 2.05) is 17.8 Å². The highest BCUT2D eigenvalue weighted by atomic mass is 19.1. The first kappa shape index (κ1) is 19.0. The topological polar surface area (TPSA) is 78.8 Å². The van der Waals surface area contributed by atoms with Crippen molar-refractivity contribution >= 4 is 0 Å². The molecule has 0 aliphatic carbocycles. The van der Waals surface area contributed by atoms with Gasteiger partial charge in [0.25, 0.3) is 0 Å². The van der Waals surface area contributed by atoms with Gasteiger partial charge in [-0.3, -0.25) is 4.68 Å². The van der Waals surface area contributed by atoms with Gasteiger partial charge in [0.05, 0.1) is 11.8 Å². The predicted molar refractivity (Wildman–Crippen MR) is 102 cm³/mol. The highest BCUT2D eigenvalue weighted by Gasteiger charge is 2.15. The first-order chi connectivity index (χ1) is 13.0. The Kier molecular flexibility index (Phi) is 5.81. The minimum atomic E-state index is -0.388. The van der Waals surface area contributed by atoms with Gasteiger partial charge in [-0.05, 0) is 43.5 Å². The van der Waals surface area contributed by atoms with Crippen LogP contribution in [0.2, 0.25) is 0 Å². The summed E-state index contributed by atoms with van der Waals surface area (Å²) < 4.78 is 21.7. The van der Waals surface area contributed by atoms with Crippen LogP contribution in [0.5, 0.6) is 11.5 Å². The Morgan fingerprint density at radius 2 is 1.93 bits per heavy atom. The quantitative estimate of drug-likeness (QED) is 0.686. The van der Waals surface area contributed by atoms with Gasteiger partial charge < -0.3 is 10.5 Å². The standard InChI is InChI=1S/C20H24FN5O/c1-13(2)11-26-12-19(14(3)25-26)27-18-8-16(21)4-5-17(18)20-23-9-15(6-7-22)10-24-20/h4-5,8-10,12-13H,6-7,11,22H2,1-3H3. The van der Waals surface area contributed by atoms with Gasteiger partial charge in [0.1, 0.15) is 17.3 Å². The lowest BCUT2D eigenvalue weighted by atomic mass is 10.1. The lowest BCUT2D eigenvalue weighted by Gasteiger charge is -2.10. The van der Waals surface area contributed by atoms with E-state index < -0.39 is 0 Å². The molecule has 2 aromatic heterocycles. The summed E-state index contributed by atoms with van der Waals surface area (Å²) in [6.45, 7) is 7.42. The normalized spacial score (nSPS) is 11.2. The monoisotopic (exact) mass is 369 g/mol.